The number of fused-ring (bicyclic) bond motifs is 1. The van der Waals surface area contributed by atoms with Crippen LogP contribution in [0, 0.1) is 13.8 Å². The molecule has 0 spiro atoms. The maximum absolute atomic E-state index is 13.4. The molecule has 0 saturated heterocycles. The van der Waals surface area contributed by atoms with Gasteiger partial charge in [0.1, 0.15) is 11.3 Å². The van der Waals surface area contributed by atoms with Gasteiger partial charge in [-0.1, -0.05) is 18.2 Å². The largest absolute Gasteiger partial charge is 0.478 e. The van der Waals surface area contributed by atoms with Crippen molar-refractivity contribution in [3.8, 4) is 6.01 Å². The summed E-state index contributed by atoms with van der Waals surface area (Å²) in [6.07, 6.45) is 5.76. The van der Waals surface area contributed by atoms with Crippen LogP contribution in [0.1, 0.15) is 45.8 Å². The van der Waals surface area contributed by atoms with Crippen LogP contribution in [0.25, 0.3) is 16.5 Å². The highest BCUT2D eigenvalue weighted by atomic mass is 16.5. The SMILES string of the molecule is COc1ncc(N=C/C(=C\N)c2oc3c(C(C)Nc4ccccc4C(=O)O)cc(C)cc3c(=O)c2C)cn1. The number of carboxylic acids is 1. The van der Waals surface area contributed by atoms with E-state index in [-0.39, 0.29) is 22.8 Å². The molecule has 4 N–H and O–H groups in total. The lowest BCUT2D eigenvalue weighted by molar-refractivity contribution is 0.0698. The number of hydrogen-bond donors (Lipinski definition) is 3. The molecule has 2 aromatic heterocycles. The number of benzene rings is 2. The highest BCUT2D eigenvalue weighted by Crippen LogP contribution is 2.31. The van der Waals surface area contributed by atoms with Crippen LogP contribution in [0.4, 0.5) is 11.4 Å². The smallest absolute Gasteiger partial charge is 0.337 e. The third-order valence-corrected chi connectivity index (χ3v) is 5.98. The number of nitrogens with two attached hydrogens (primary N) is 1. The number of carbonyl (C=O) groups is 1. The Morgan fingerprint density at radius 2 is 1.92 bits per heavy atom. The van der Waals surface area contributed by atoms with Crippen molar-refractivity contribution >= 4 is 40.1 Å². The fourth-order valence-electron chi connectivity index (χ4n) is 4.07. The van der Waals surface area contributed by atoms with Crippen LogP contribution in [0.2, 0.25) is 0 Å². The minimum atomic E-state index is -1.04. The molecular weight excluding hydrogens is 486 g/mol. The van der Waals surface area contributed by atoms with Crippen molar-refractivity contribution < 1.29 is 19.1 Å². The first-order chi connectivity index (χ1) is 18.2. The summed E-state index contributed by atoms with van der Waals surface area (Å²) in [5.41, 5.74) is 9.44. The number of carboxylic acid groups (broad SMARTS) is 1. The molecule has 0 fully saturated rings. The Hall–Kier alpha value is -4.99. The Bertz CT molecular complexity index is 1620. The van der Waals surface area contributed by atoms with Crippen LogP contribution in [0.5, 0.6) is 6.01 Å². The van der Waals surface area contributed by atoms with Crippen molar-refractivity contribution in [2.24, 2.45) is 10.7 Å². The van der Waals surface area contributed by atoms with Gasteiger partial charge in [-0.2, -0.15) is 0 Å². The number of rotatable bonds is 8. The Morgan fingerprint density at radius 1 is 1.21 bits per heavy atom. The highest BCUT2D eigenvalue weighted by Gasteiger charge is 2.20. The highest BCUT2D eigenvalue weighted by molar-refractivity contribution is 6.10. The van der Waals surface area contributed by atoms with Crippen molar-refractivity contribution in [1.82, 2.24) is 9.97 Å². The predicted octanol–water partition coefficient (Wildman–Crippen LogP) is 4.78. The van der Waals surface area contributed by atoms with Gasteiger partial charge in [0.05, 0.1) is 47.8 Å². The Balaban J connectivity index is 1.79. The minimum absolute atomic E-state index is 0.140. The Morgan fingerprint density at radius 3 is 2.58 bits per heavy atom. The predicted molar refractivity (Wildman–Crippen MR) is 146 cm³/mol. The van der Waals surface area contributed by atoms with Crippen LogP contribution in [0.3, 0.4) is 0 Å². The number of hydrogen-bond acceptors (Lipinski definition) is 9. The molecule has 10 heteroatoms. The first kappa shape index (κ1) is 26.1. The lowest BCUT2D eigenvalue weighted by Gasteiger charge is -2.20. The zero-order valence-electron chi connectivity index (χ0n) is 21.4. The number of para-hydroxylation sites is 1. The first-order valence-corrected chi connectivity index (χ1v) is 11.7. The number of nitrogens with zero attached hydrogens (tertiary/aromatic N) is 3. The van der Waals surface area contributed by atoms with Crippen LogP contribution < -0.4 is 21.2 Å². The number of aromatic nitrogens is 2. The molecule has 0 aliphatic carbocycles. The van der Waals surface area contributed by atoms with Crippen LogP contribution in [-0.4, -0.2) is 34.4 Å². The molecule has 0 amide bonds. The fraction of sp³-hybridized carbons (Fsp3) is 0.179. The number of aryl methyl sites for hydroxylation is 1. The zero-order valence-corrected chi connectivity index (χ0v) is 21.4. The van der Waals surface area contributed by atoms with Crippen molar-refractivity contribution in [1.29, 1.82) is 0 Å². The van der Waals surface area contributed by atoms with Gasteiger partial charge in [0.25, 0.3) is 0 Å². The molecule has 2 heterocycles. The molecule has 0 saturated carbocycles. The third-order valence-electron chi connectivity index (χ3n) is 5.98. The number of aromatic carboxylic acids is 1. The van der Waals surface area contributed by atoms with Crippen molar-refractivity contribution in [2.45, 2.75) is 26.8 Å². The fourth-order valence-corrected chi connectivity index (χ4v) is 4.07. The third kappa shape index (κ3) is 5.24. The lowest BCUT2D eigenvalue weighted by atomic mass is 9.98. The van der Waals surface area contributed by atoms with Gasteiger partial charge in [0.2, 0.25) is 0 Å². The quantitative estimate of drug-likeness (QED) is 0.282. The molecule has 10 nitrogen and oxygen atoms in total. The summed E-state index contributed by atoms with van der Waals surface area (Å²) < 4.78 is 11.3. The molecule has 38 heavy (non-hydrogen) atoms. The number of methoxy groups -OCH3 is 1. The summed E-state index contributed by atoms with van der Waals surface area (Å²) in [6, 6.07) is 10.1. The number of allylic oxidation sites excluding steroid dienone is 1. The van der Waals surface area contributed by atoms with Gasteiger partial charge >= 0.3 is 12.0 Å². The summed E-state index contributed by atoms with van der Waals surface area (Å²) in [5, 5.41) is 13.2. The van der Waals surface area contributed by atoms with E-state index in [1.54, 1.807) is 31.2 Å². The van der Waals surface area contributed by atoms with Gasteiger partial charge in [-0.25, -0.2) is 14.8 Å². The van der Waals surface area contributed by atoms with E-state index >= 15 is 0 Å². The second kappa shape index (κ2) is 11.0. The molecule has 0 aliphatic heterocycles. The van der Waals surface area contributed by atoms with Gasteiger partial charge in [0, 0.05) is 29.2 Å². The van der Waals surface area contributed by atoms with Gasteiger partial charge in [0.15, 0.2) is 5.43 Å². The van der Waals surface area contributed by atoms with Gasteiger partial charge in [-0.05, 0) is 44.5 Å². The van der Waals surface area contributed by atoms with E-state index in [1.165, 1.54) is 38.0 Å². The van der Waals surface area contributed by atoms with E-state index in [2.05, 4.69) is 20.3 Å². The maximum atomic E-state index is 13.4. The zero-order chi connectivity index (χ0) is 27.4. The van der Waals surface area contributed by atoms with Crippen molar-refractivity contribution in [3.63, 3.8) is 0 Å². The van der Waals surface area contributed by atoms with Crippen LogP contribution in [-0.2, 0) is 0 Å². The van der Waals surface area contributed by atoms with E-state index in [9.17, 15) is 14.7 Å². The van der Waals surface area contributed by atoms with Crippen LogP contribution in [0.15, 0.2) is 69.2 Å². The topological polar surface area (TPSA) is 153 Å². The summed E-state index contributed by atoms with van der Waals surface area (Å²) >= 11 is 0. The summed E-state index contributed by atoms with van der Waals surface area (Å²) in [4.78, 5) is 37.5. The standard InChI is InChI=1S/C28H27N5O5/c1-15-9-21(17(3)33-23-8-6-5-7-20(23)27(35)36)26-22(10-15)24(34)16(2)25(38-26)18(11-29)12-30-19-13-31-28(37-4)32-14-19/h5-14,17,33H,29H2,1-4H3,(H,35,36)/b18-11+,30-12?. The molecule has 2 aromatic carbocycles. The van der Waals surface area contributed by atoms with Gasteiger partial charge < -0.3 is 25.3 Å². The molecule has 0 bridgehead atoms. The molecule has 194 valence electrons. The van der Waals surface area contributed by atoms with E-state index in [0.29, 0.717) is 39.0 Å². The first-order valence-electron chi connectivity index (χ1n) is 11.7. The van der Waals surface area contributed by atoms with Gasteiger partial charge in [-0.15, -0.1) is 0 Å². The lowest BCUT2D eigenvalue weighted by Crippen LogP contribution is -2.14. The molecule has 4 rings (SSSR count). The molecular formula is C28H27N5O5. The number of aliphatic imine (C=N–C) groups is 1. The maximum Gasteiger partial charge on any atom is 0.337 e. The van der Waals surface area contributed by atoms with Crippen LogP contribution >= 0.6 is 0 Å². The monoisotopic (exact) mass is 513 g/mol. The summed E-state index contributed by atoms with van der Waals surface area (Å²) in [6.45, 7) is 5.43. The van der Waals surface area contributed by atoms with Gasteiger partial charge in [-0.3, -0.25) is 9.79 Å². The van der Waals surface area contributed by atoms with E-state index in [4.69, 9.17) is 14.9 Å². The summed E-state index contributed by atoms with van der Waals surface area (Å²) in [7, 11) is 1.47. The second-order valence-electron chi connectivity index (χ2n) is 8.64. The molecule has 1 unspecified atom stereocenters. The average molecular weight is 514 g/mol. The van der Waals surface area contributed by atoms with E-state index < -0.39 is 12.0 Å². The number of anilines is 1. The number of ether oxygens (including phenoxy) is 1. The molecule has 0 radical (unpaired) electrons. The number of nitrogens with one attached hydrogen (secondary N) is 1. The average Bonchev–Trinajstić information content (AvgIpc) is 2.92. The van der Waals surface area contributed by atoms with Crippen molar-refractivity contribution in [3.05, 3.63) is 93.2 Å². The molecule has 4 aromatic rings. The van der Waals surface area contributed by atoms with Crippen molar-refractivity contribution in [2.75, 3.05) is 12.4 Å². The normalized spacial score (nSPS) is 12.6. The minimum Gasteiger partial charge on any atom is -0.478 e. The Labute approximate surface area is 218 Å². The van der Waals surface area contributed by atoms with E-state index in [0.717, 1.165) is 5.56 Å². The molecule has 0 aliphatic rings. The molecule has 1 atom stereocenters. The Kier molecular flexibility index (Phi) is 7.52. The van der Waals surface area contributed by atoms with E-state index in [1.807, 2.05) is 19.9 Å². The summed E-state index contributed by atoms with van der Waals surface area (Å²) in [5.74, 6) is -0.774. The second-order valence-corrected chi connectivity index (χ2v) is 8.64.